The van der Waals surface area contributed by atoms with E-state index in [0.717, 1.165) is 12.5 Å². The van der Waals surface area contributed by atoms with Crippen molar-refractivity contribution < 1.29 is 5.11 Å². The van der Waals surface area contributed by atoms with Gasteiger partial charge in [0.1, 0.15) is 5.75 Å². The van der Waals surface area contributed by atoms with Gasteiger partial charge < -0.3 is 10.4 Å². The molecule has 1 saturated carbocycles. The molecule has 0 amide bonds. The van der Waals surface area contributed by atoms with Crippen LogP contribution in [0.5, 0.6) is 5.75 Å². The van der Waals surface area contributed by atoms with Crippen LogP contribution in [0.2, 0.25) is 0 Å². The summed E-state index contributed by atoms with van der Waals surface area (Å²) in [5, 5.41) is 12.8. The van der Waals surface area contributed by atoms with Crippen LogP contribution in [0.1, 0.15) is 29.9 Å². The third-order valence-corrected chi connectivity index (χ3v) is 3.94. The average Bonchev–Trinajstić information content (AvgIpc) is 2.40. The highest BCUT2D eigenvalue weighted by Crippen LogP contribution is 2.36. The summed E-state index contributed by atoms with van der Waals surface area (Å²) >= 11 is 0. The first-order valence-corrected chi connectivity index (χ1v) is 6.87. The van der Waals surface area contributed by atoms with Crippen molar-refractivity contribution in [3.63, 3.8) is 0 Å². The van der Waals surface area contributed by atoms with Crippen molar-refractivity contribution in [2.24, 2.45) is 0 Å². The molecule has 1 aliphatic rings. The molecule has 0 aromatic heterocycles. The SMILES string of the molecule is Oc1ccc(CNC2CC(c3ccccc3)C2)cc1. The summed E-state index contributed by atoms with van der Waals surface area (Å²) in [5.41, 5.74) is 2.69. The number of phenols is 1. The first-order chi connectivity index (χ1) is 9.31. The first-order valence-electron chi connectivity index (χ1n) is 6.87. The predicted octanol–water partition coefficient (Wildman–Crippen LogP) is 3.43. The van der Waals surface area contributed by atoms with E-state index in [2.05, 4.69) is 35.6 Å². The Hall–Kier alpha value is -1.80. The molecule has 98 valence electrons. The molecule has 0 aliphatic heterocycles. The summed E-state index contributed by atoms with van der Waals surface area (Å²) in [6, 6.07) is 18.8. The Morgan fingerprint density at radius 2 is 1.63 bits per heavy atom. The fourth-order valence-corrected chi connectivity index (χ4v) is 2.66. The maximum Gasteiger partial charge on any atom is 0.115 e. The Bertz CT molecular complexity index is 515. The van der Waals surface area contributed by atoms with Gasteiger partial charge in [-0.25, -0.2) is 0 Å². The van der Waals surface area contributed by atoms with E-state index in [1.54, 1.807) is 12.1 Å². The molecule has 0 unspecified atom stereocenters. The molecule has 0 heterocycles. The molecule has 1 aliphatic carbocycles. The Morgan fingerprint density at radius 3 is 2.32 bits per heavy atom. The molecule has 2 nitrogen and oxygen atoms in total. The van der Waals surface area contributed by atoms with Crippen molar-refractivity contribution in [3.8, 4) is 5.75 Å². The molecule has 19 heavy (non-hydrogen) atoms. The molecular formula is C17H19NO. The van der Waals surface area contributed by atoms with Gasteiger partial charge in [0.15, 0.2) is 0 Å². The number of hydrogen-bond donors (Lipinski definition) is 2. The Labute approximate surface area is 114 Å². The number of aromatic hydroxyl groups is 1. The third-order valence-electron chi connectivity index (χ3n) is 3.94. The van der Waals surface area contributed by atoms with Crippen LogP contribution in [0.15, 0.2) is 54.6 Å². The smallest absolute Gasteiger partial charge is 0.115 e. The van der Waals surface area contributed by atoms with E-state index in [1.165, 1.54) is 24.0 Å². The molecule has 1 fully saturated rings. The number of hydrogen-bond acceptors (Lipinski definition) is 2. The second-order valence-electron chi connectivity index (χ2n) is 5.32. The zero-order chi connectivity index (χ0) is 13.1. The topological polar surface area (TPSA) is 32.3 Å². The molecule has 2 aromatic rings. The van der Waals surface area contributed by atoms with Gasteiger partial charge in [-0.2, -0.15) is 0 Å². The largest absolute Gasteiger partial charge is 0.508 e. The summed E-state index contributed by atoms with van der Waals surface area (Å²) in [4.78, 5) is 0. The van der Waals surface area contributed by atoms with Gasteiger partial charge in [-0.1, -0.05) is 42.5 Å². The van der Waals surface area contributed by atoms with E-state index in [9.17, 15) is 5.11 Å². The van der Waals surface area contributed by atoms with Crippen LogP contribution in [0.3, 0.4) is 0 Å². The van der Waals surface area contributed by atoms with Crippen molar-refractivity contribution in [1.29, 1.82) is 0 Å². The van der Waals surface area contributed by atoms with E-state index in [0.29, 0.717) is 11.8 Å². The van der Waals surface area contributed by atoms with Crippen LogP contribution in [-0.2, 0) is 6.54 Å². The van der Waals surface area contributed by atoms with Gasteiger partial charge >= 0.3 is 0 Å². The van der Waals surface area contributed by atoms with Crippen LogP contribution in [0.4, 0.5) is 0 Å². The highest BCUT2D eigenvalue weighted by atomic mass is 16.3. The van der Waals surface area contributed by atoms with Crippen LogP contribution in [0.25, 0.3) is 0 Å². The molecule has 0 radical (unpaired) electrons. The lowest BCUT2D eigenvalue weighted by atomic mass is 9.76. The van der Waals surface area contributed by atoms with Gasteiger partial charge in [0.05, 0.1) is 0 Å². The molecule has 3 rings (SSSR count). The van der Waals surface area contributed by atoms with Crippen molar-refractivity contribution >= 4 is 0 Å². The van der Waals surface area contributed by atoms with Crippen LogP contribution < -0.4 is 5.32 Å². The zero-order valence-electron chi connectivity index (χ0n) is 10.9. The molecular weight excluding hydrogens is 234 g/mol. The Kier molecular flexibility index (Phi) is 3.51. The minimum atomic E-state index is 0.330. The fourth-order valence-electron chi connectivity index (χ4n) is 2.66. The van der Waals surface area contributed by atoms with Gasteiger partial charge in [-0.3, -0.25) is 0 Å². The Balaban J connectivity index is 1.46. The highest BCUT2D eigenvalue weighted by Gasteiger charge is 2.29. The number of phenolic OH excluding ortho intramolecular Hbond substituents is 1. The zero-order valence-corrected chi connectivity index (χ0v) is 10.9. The van der Waals surface area contributed by atoms with Crippen LogP contribution in [-0.4, -0.2) is 11.1 Å². The third kappa shape index (κ3) is 2.96. The second-order valence-corrected chi connectivity index (χ2v) is 5.32. The molecule has 0 atom stereocenters. The Morgan fingerprint density at radius 1 is 0.947 bits per heavy atom. The standard InChI is InChI=1S/C17H19NO/c19-17-8-6-13(7-9-17)12-18-16-10-15(11-16)14-4-2-1-3-5-14/h1-9,15-16,18-19H,10-12H2. The van der Waals surface area contributed by atoms with Crippen molar-refractivity contribution in [2.75, 3.05) is 0 Å². The van der Waals surface area contributed by atoms with Gasteiger partial charge in [0, 0.05) is 12.6 Å². The lowest BCUT2D eigenvalue weighted by Gasteiger charge is -2.36. The monoisotopic (exact) mass is 253 g/mol. The normalized spacial score (nSPS) is 21.9. The summed E-state index contributed by atoms with van der Waals surface area (Å²) in [6.45, 7) is 0.881. The molecule has 0 saturated heterocycles. The number of rotatable bonds is 4. The summed E-state index contributed by atoms with van der Waals surface area (Å²) in [6.07, 6.45) is 2.45. The number of benzene rings is 2. The quantitative estimate of drug-likeness (QED) is 0.875. The van der Waals surface area contributed by atoms with E-state index < -0.39 is 0 Å². The van der Waals surface area contributed by atoms with Gasteiger partial charge in [-0.15, -0.1) is 0 Å². The van der Waals surface area contributed by atoms with Gasteiger partial charge in [-0.05, 0) is 42.0 Å². The highest BCUT2D eigenvalue weighted by molar-refractivity contribution is 5.26. The van der Waals surface area contributed by atoms with Gasteiger partial charge in [0.25, 0.3) is 0 Å². The number of nitrogens with one attached hydrogen (secondary N) is 1. The van der Waals surface area contributed by atoms with Crippen molar-refractivity contribution in [2.45, 2.75) is 31.3 Å². The van der Waals surface area contributed by atoms with E-state index >= 15 is 0 Å². The second kappa shape index (κ2) is 5.45. The van der Waals surface area contributed by atoms with E-state index in [-0.39, 0.29) is 0 Å². The molecule has 2 aromatic carbocycles. The van der Waals surface area contributed by atoms with E-state index in [1.807, 2.05) is 12.1 Å². The molecule has 2 N–H and O–H groups in total. The average molecular weight is 253 g/mol. The summed E-state index contributed by atoms with van der Waals surface area (Å²) < 4.78 is 0. The van der Waals surface area contributed by atoms with Crippen molar-refractivity contribution in [3.05, 3.63) is 65.7 Å². The maximum absolute atomic E-state index is 9.23. The van der Waals surface area contributed by atoms with Crippen molar-refractivity contribution in [1.82, 2.24) is 5.32 Å². The predicted molar refractivity (Wildman–Crippen MR) is 77.2 cm³/mol. The van der Waals surface area contributed by atoms with Crippen LogP contribution in [0, 0.1) is 0 Å². The van der Waals surface area contributed by atoms with Gasteiger partial charge in [0.2, 0.25) is 0 Å². The molecule has 0 bridgehead atoms. The lowest BCUT2D eigenvalue weighted by Crippen LogP contribution is -2.39. The lowest BCUT2D eigenvalue weighted by molar-refractivity contribution is 0.289. The molecule has 2 heteroatoms. The summed E-state index contributed by atoms with van der Waals surface area (Å²) in [7, 11) is 0. The van der Waals surface area contributed by atoms with E-state index in [4.69, 9.17) is 0 Å². The molecule has 0 spiro atoms. The van der Waals surface area contributed by atoms with Crippen LogP contribution >= 0.6 is 0 Å². The fraction of sp³-hybridized carbons (Fsp3) is 0.294. The first kappa shape index (κ1) is 12.2. The minimum Gasteiger partial charge on any atom is -0.508 e. The maximum atomic E-state index is 9.23. The minimum absolute atomic E-state index is 0.330. The summed E-state index contributed by atoms with van der Waals surface area (Å²) in [5.74, 6) is 1.05.